The number of nitro benzene ring substituents is 1. The number of nitro groups is 1. The van der Waals surface area contributed by atoms with Gasteiger partial charge in [0.05, 0.1) is 11.0 Å². The molecule has 5 nitrogen and oxygen atoms in total. The highest BCUT2D eigenvalue weighted by atomic mass is 16.6. The molecule has 3 rings (SSSR count). The number of Topliss-reactive ketones (excluding diaryl/α,β-unsaturated/α-hetero) is 1. The molecule has 0 aromatic heterocycles. The van der Waals surface area contributed by atoms with Crippen molar-refractivity contribution < 1.29 is 14.5 Å². The van der Waals surface area contributed by atoms with Crippen LogP contribution in [0.15, 0.2) is 24.3 Å². The lowest BCUT2D eigenvalue weighted by Crippen LogP contribution is -2.30. The van der Waals surface area contributed by atoms with Gasteiger partial charge in [-0.05, 0) is 17.9 Å². The fourth-order valence-corrected chi connectivity index (χ4v) is 2.83. The molecule has 1 saturated heterocycles. The summed E-state index contributed by atoms with van der Waals surface area (Å²) >= 11 is 0. The molecule has 1 heterocycles. The summed E-state index contributed by atoms with van der Waals surface area (Å²) in [4.78, 5) is 22.3. The minimum atomic E-state index is -0.435. The fourth-order valence-electron chi connectivity index (χ4n) is 2.83. The van der Waals surface area contributed by atoms with Crippen molar-refractivity contribution >= 4 is 11.5 Å². The van der Waals surface area contributed by atoms with Crippen molar-refractivity contribution in [2.75, 3.05) is 0 Å². The maximum Gasteiger partial charge on any atom is 0.269 e. The number of nitrogens with zero attached hydrogens (tertiary/aromatic N) is 1. The van der Waals surface area contributed by atoms with Crippen molar-refractivity contribution in [2.24, 2.45) is 5.92 Å². The van der Waals surface area contributed by atoms with Gasteiger partial charge >= 0.3 is 0 Å². The Morgan fingerprint density at radius 1 is 1.33 bits per heavy atom. The number of epoxide rings is 1. The topological polar surface area (TPSA) is 72.7 Å². The van der Waals surface area contributed by atoms with Crippen LogP contribution in [0.4, 0.5) is 5.69 Å². The zero-order chi connectivity index (χ0) is 12.9. The molecule has 0 unspecified atom stereocenters. The summed E-state index contributed by atoms with van der Waals surface area (Å²) in [5, 5.41) is 10.6. The van der Waals surface area contributed by atoms with E-state index in [9.17, 15) is 14.9 Å². The van der Waals surface area contributed by atoms with Crippen molar-refractivity contribution in [1.29, 1.82) is 0 Å². The Hall–Kier alpha value is -1.75. The first-order valence-corrected chi connectivity index (χ1v) is 6.01. The molecule has 18 heavy (non-hydrogen) atoms. The van der Waals surface area contributed by atoms with Gasteiger partial charge in [0.25, 0.3) is 5.69 Å². The van der Waals surface area contributed by atoms with Crippen molar-refractivity contribution in [1.82, 2.24) is 0 Å². The largest absolute Gasteiger partial charge is 0.361 e. The van der Waals surface area contributed by atoms with Crippen molar-refractivity contribution in [2.45, 2.75) is 31.5 Å². The molecule has 1 aromatic carbocycles. The van der Waals surface area contributed by atoms with Gasteiger partial charge < -0.3 is 4.74 Å². The van der Waals surface area contributed by atoms with Gasteiger partial charge in [-0.15, -0.1) is 0 Å². The van der Waals surface area contributed by atoms with Crippen molar-refractivity contribution in [3.63, 3.8) is 0 Å². The first-order chi connectivity index (χ1) is 8.58. The van der Waals surface area contributed by atoms with Gasteiger partial charge in [-0.2, -0.15) is 0 Å². The quantitative estimate of drug-likeness (QED) is 0.455. The molecule has 1 aliphatic carbocycles. The molecular formula is C13H13NO4. The van der Waals surface area contributed by atoms with E-state index in [2.05, 4.69) is 0 Å². The van der Waals surface area contributed by atoms with E-state index in [1.54, 1.807) is 12.1 Å². The number of fused-ring (bicyclic) bond motifs is 1. The second kappa shape index (κ2) is 3.88. The Morgan fingerprint density at radius 2 is 2.00 bits per heavy atom. The van der Waals surface area contributed by atoms with Gasteiger partial charge in [0.15, 0.2) is 5.78 Å². The highest BCUT2D eigenvalue weighted by molar-refractivity contribution is 5.93. The minimum Gasteiger partial charge on any atom is -0.361 e. The van der Waals surface area contributed by atoms with Gasteiger partial charge in [-0.25, -0.2) is 0 Å². The molecule has 0 radical (unpaired) electrons. The first kappa shape index (κ1) is 11.3. The number of non-ortho nitro benzene ring substituents is 1. The van der Waals surface area contributed by atoms with E-state index in [0.717, 1.165) is 12.0 Å². The predicted molar refractivity (Wildman–Crippen MR) is 63.3 cm³/mol. The van der Waals surface area contributed by atoms with Crippen LogP contribution in [-0.2, 0) is 9.53 Å². The van der Waals surface area contributed by atoms with E-state index >= 15 is 0 Å². The molecule has 4 atom stereocenters. The van der Waals surface area contributed by atoms with Gasteiger partial charge in [-0.1, -0.05) is 19.1 Å². The second-order valence-corrected chi connectivity index (χ2v) is 5.04. The molecule has 2 aliphatic rings. The maximum absolute atomic E-state index is 12.1. The second-order valence-electron chi connectivity index (χ2n) is 5.04. The van der Waals surface area contributed by atoms with Gasteiger partial charge in [-0.3, -0.25) is 14.9 Å². The average Bonchev–Trinajstić information content (AvgIpc) is 3.09. The third-order valence-corrected chi connectivity index (χ3v) is 3.81. The van der Waals surface area contributed by atoms with E-state index in [-0.39, 0.29) is 35.5 Å². The fraction of sp³-hybridized carbons (Fsp3) is 0.462. The molecule has 1 aromatic rings. The lowest BCUT2D eigenvalue weighted by Gasteiger charge is -2.25. The summed E-state index contributed by atoms with van der Waals surface area (Å²) in [5.74, 6) is 0.157. The zero-order valence-corrected chi connectivity index (χ0v) is 9.91. The summed E-state index contributed by atoms with van der Waals surface area (Å²) in [6.07, 6.45) is 0.765. The van der Waals surface area contributed by atoms with E-state index in [1.165, 1.54) is 12.1 Å². The highest BCUT2D eigenvalue weighted by Crippen LogP contribution is 2.44. The van der Waals surface area contributed by atoms with Crippen LogP contribution in [-0.4, -0.2) is 22.9 Å². The van der Waals surface area contributed by atoms with E-state index in [0.29, 0.717) is 0 Å². The lowest BCUT2D eigenvalue weighted by atomic mass is 9.75. The van der Waals surface area contributed by atoms with E-state index in [4.69, 9.17) is 4.74 Å². The Morgan fingerprint density at radius 3 is 2.61 bits per heavy atom. The Labute approximate surface area is 104 Å². The summed E-state index contributed by atoms with van der Waals surface area (Å²) < 4.78 is 5.32. The summed E-state index contributed by atoms with van der Waals surface area (Å²) in [5.41, 5.74) is 0.905. The van der Waals surface area contributed by atoms with Crippen LogP contribution in [0.25, 0.3) is 0 Å². The summed E-state index contributed by atoms with van der Waals surface area (Å²) in [6, 6.07) is 6.27. The SMILES string of the molecule is C[C@@H]1C[C@H]2O[C@H]2C(=O)[C@H]1c1ccc([N+](=O)[O-])cc1. The third kappa shape index (κ3) is 1.71. The molecule has 0 amide bonds. The number of carbonyl (C=O) groups is 1. The van der Waals surface area contributed by atoms with Crippen LogP contribution in [0.3, 0.4) is 0 Å². The number of ketones is 1. The number of benzene rings is 1. The number of hydrogen-bond donors (Lipinski definition) is 0. The molecule has 2 fully saturated rings. The van der Waals surface area contributed by atoms with Crippen LogP contribution in [0.2, 0.25) is 0 Å². The summed E-state index contributed by atoms with van der Waals surface area (Å²) in [6.45, 7) is 2.03. The predicted octanol–water partition coefficient (Wildman–Crippen LogP) is 2.05. The standard InChI is InChI=1S/C13H13NO4/c1-7-6-10-13(18-10)12(15)11(7)8-2-4-9(5-3-8)14(16)17/h2-5,7,10-11,13H,6H2,1H3/t7-,10-,11-,13-/m1/s1. The smallest absolute Gasteiger partial charge is 0.269 e. The molecule has 5 heteroatoms. The maximum atomic E-state index is 12.1. The van der Waals surface area contributed by atoms with Gasteiger partial charge in [0.2, 0.25) is 0 Å². The Bertz CT molecular complexity index is 510. The molecule has 0 bridgehead atoms. The van der Waals surface area contributed by atoms with Crippen LogP contribution in [0, 0.1) is 16.0 Å². The first-order valence-electron chi connectivity index (χ1n) is 6.01. The minimum absolute atomic E-state index is 0.0511. The average molecular weight is 247 g/mol. The van der Waals surface area contributed by atoms with Crippen molar-refractivity contribution in [3.05, 3.63) is 39.9 Å². The lowest BCUT2D eigenvalue weighted by molar-refractivity contribution is -0.384. The van der Waals surface area contributed by atoms with Crippen LogP contribution in [0.1, 0.15) is 24.8 Å². The normalized spacial score (nSPS) is 33.9. The number of ether oxygens (including phenoxy) is 1. The van der Waals surface area contributed by atoms with Crippen LogP contribution >= 0.6 is 0 Å². The number of carbonyl (C=O) groups excluding carboxylic acids is 1. The van der Waals surface area contributed by atoms with E-state index < -0.39 is 4.92 Å². The molecule has 1 saturated carbocycles. The molecular weight excluding hydrogens is 234 g/mol. The summed E-state index contributed by atoms with van der Waals surface area (Å²) in [7, 11) is 0. The monoisotopic (exact) mass is 247 g/mol. The molecule has 1 aliphatic heterocycles. The Kier molecular flexibility index (Phi) is 2.45. The molecule has 0 spiro atoms. The van der Waals surface area contributed by atoms with Crippen LogP contribution < -0.4 is 0 Å². The number of hydrogen-bond acceptors (Lipinski definition) is 4. The Balaban J connectivity index is 1.88. The van der Waals surface area contributed by atoms with Crippen molar-refractivity contribution in [3.8, 4) is 0 Å². The van der Waals surface area contributed by atoms with Gasteiger partial charge in [0, 0.05) is 18.1 Å². The molecule has 0 N–H and O–H groups in total. The molecule has 94 valence electrons. The third-order valence-electron chi connectivity index (χ3n) is 3.81. The van der Waals surface area contributed by atoms with E-state index in [1.807, 2.05) is 6.92 Å². The zero-order valence-electron chi connectivity index (χ0n) is 9.91. The van der Waals surface area contributed by atoms with Crippen LogP contribution in [0.5, 0.6) is 0 Å². The number of rotatable bonds is 2. The highest BCUT2D eigenvalue weighted by Gasteiger charge is 2.53. The van der Waals surface area contributed by atoms with Gasteiger partial charge in [0.1, 0.15) is 6.10 Å².